The van der Waals surface area contributed by atoms with Crippen LogP contribution in [0.5, 0.6) is 0 Å². The van der Waals surface area contributed by atoms with Gasteiger partial charge in [0.1, 0.15) is 6.61 Å². The Labute approximate surface area is 192 Å². The zero-order valence-electron chi connectivity index (χ0n) is 18.5. The number of hydrogen-bond acceptors (Lipinski definition) is 4. The number of ether oxygens (including phenoxy) is 1. The van der Waals surface area contributed by atoms with Gasteiger partial charge in [-0.05, 0) is 47.4 Å². The van der Waals surface area contributed by atoms with Crippen LogP contribution >= 0.6 is 0 Å². The number of carbonyl (C=O) groups is 3. The van der Waals surface area contributed by atoms with Crippen molar-refractivity contribution in [2.24, 2.45) is 5.92 Å². The highest BCUT2D eigenvalue weighted by Crippen LogP contribution is 2.45. The zero-order valence-corrected chi connectivity index (χ0v) is 18.5. The molecule has 2 fully saturated rings. The summed E-state index contributed by atoms with van der Waals surface area (Å²) in [6, 6.07) is 16.4. The number of rotatable bonds is 7. The van der Waals surface area contributed by atoms with E-state index >= 15 is 0 Å². The van der Waals surface area contributed by atoms with Crippen molar-refractivity contribution in [2.75, 3.05) is 19.7 Å². The zero-order chi connectivity index (χ0) is 23.0. The van der Waals surface area contributed by atoms with E-state index < -0.39 is 17.6 Å². The van der Waals surface area contributed by atoms with Gasteiger partial charge in [-0.2, -0.15) is 0 Å². The Morgan fingerprint density at radius 2 is 1.67 bits per heavy atom. The van der Waals surface area contributed by atoms with Crippen molar-refractivity contribution in [3.63, 3.8) is 0 Å². The summed E-state index contributed by atoms with van der Waals surface area (Å²) in [6.07, 6.45) is 2.03. The molecule has 0 radical (unpaired) electrons. The Kier molecular flexibility index (Phi) is 5.56. The summed E-state index contributed by atoms with van der Waals surface area (Å²) < 4.78 is 5.64. The van der Waals surface area contributed by atoms with E-state index in [2.05, 4.69) is 29.6 Å². The van der Waals surface area contributed by atoms with Gasteiger partial charge in [0.2, 0.25) is 5.91 Å². The van der Waals surface area contributed by atoms with Crippen LogP contribution in [0.2, 0.25) is 0 Å². The molecule has 1 unspecified atom stereocenters. The highest BCUT2D eigenvalue weighted by molar-refractivity contribution is 5.81. The number of alkyl carbamates (subject to hydrolysis) is 1. The minimum atomic E-state index is -0.829. The SMILES string of the molecule is O=C(O)CC1CCN(C(=O)CC2(NC(=O)OCC3c4ccccc4-c4ccccc43)CC2)C1. The lowest BCUT2D eigenvalue weighted by molar-refractivity contribution is -0.138. The first-order valence-electron chi connectivity index (χ1n) is 11.6. The van der Waals surface area contributed by atoms with Gasteiger partial charge in [-0.15, -0.1) is 0 Å². The number of aliphatic carboxylic acids is 1. The van der Waals surface area contributed by atoms with E-state index in [4.69, 9.17) is 9.84 Å². The third-order valence-corrected chi connectivity index (χ3v) is 7.16. The quantitative estimate of drug-likeness (QED) is 0.672. The van der Waals surface area contributed by atoms with Crippen LogP contribution in [0.3, 0.4) is 0 Å². The lowest BCUT2D eigenvalue weighted by atomic mass is 9.98. The smallest absolute Gasteiger partial charge is 0.407 e. The summed E-state index contributed by atoms with van der Waals surface area (Å²) in [6.45, 7) is 1.30. The van der Waals surface area contributed by atoms with E-state index in [0.29, 0.717) is 19.5 Å². The van der Waals surface area contributed by atoms with Gasteiger partial charge >= 0.3 is 12.1 Å². The number of carboxylic acids is 1. The normalized spacial score (nSPS) is 20.1. The monoisotopic (exact) mass is 448 g/mol. The predicted octanol–water partition coefficient (Wildman–Crippen LogP) is 3.77. The number of nitrogens with one attached hydrogen (secondary N) is 1. The highest BCUT2D eigenvalue weighted by Gasteiger charge is 2.47. The van der Waals surface area contributed by atoms with Gasteiger partial charge in [-0.3, -0.25) is 9.59 Å². The maximum absolute atomic E-state index is 12.7. The average Bonchev–Trinajstić information content (AvgIpc) is 3.24. The van der Waals surface area contributed by atoms with E-state index in [1.54, 1.807) is 4.90 Å². The molecule has 7 nitrogen and oxygen atoms in total. The molecule has 1 saturated heterocycles. The number of fused-ring (bicyclic) bond motifs is 3. The van der Waals surface area contributed by atoms with Crippen molar-refractivity contribution in [1.82, 2.24) is 10.2 Å². The lowest BCUT2D eigenvalue weighted by Gasteiger charge is -2.22. The van der Waals surface area contributed by atoms with Crippen molar-refractivity contribution < 1.29 is 24.2 Å². The number of likely N-dealkylation sites (tertiary alicyclic amines) is 1. The molecule has 2 aliphatic carbocycles. The van der Waals surface area contributed by atoms with Crippen molar-refractivity contribution in [1.29, 1.82) is 0 Å². The molecular weight excluding hydrogens is 420 g/mol. The molecule has 33 heavy (non-hydrogen) atoms. The van der Waals surface area contributed by atoms with E-state index in [0.717, 1.165) is 24.0 Å². The standard InChI is InChI=1S/C26H28N2O5/c29-23(28-12-9-17(15-28)13-24(30)31)14-26(10-11-26)27-25(32)33-16-22-20-7-3-1-5-18(20)19-6-2-4-8-21(19)22/h1-8,17,22H,9-16H2,(H,27,32)(H,30,31). The summed E-state index contributed by atoms with van der Waals surface area (Å²) in [5.41, 5.74) is 4.14. The Bertz CT molecular complexity index is 1050. The molecule has 2 amide bonds. The van der Waals surface area contributed by atoms with Gasteiger partial charge in [0.05, 0.1) is 12.0 Å². The number of nitrogens with zero attached hydrogens (tertiary/aromatic N) is 1. The largest absolute Gasteiger partial charge is 0.481 e. The van der Waals surface area contributed by atoms with Crippen LogP contribution in [-0.2, 0) is 14.3 Å². The van der Waals surface area contributed by atoms with Crippen LogP contribution in [0.1, 0.15) is 49.1 Å². The molecule has 5 rings (SSSR count). The van der Waals surface area contributed by atoms with Gasteiger partial charge < -0.3 is 20.1 Å². The molecule has 2 N–H and O–H groups in total. The van der Waals surface area contributed by atoms with Crippen LogP contribution in [-0.4, -0.2) is 53.2 Å². The number of carboxylic acid groups (broad SMARTS) is 1. The maximum Gasteiger partial charge on any atom is 0.407 e. The Morgan fingerprint density at radius 1 is 1.03 bits per heavy atom. The summed E-state index contributed by atoms with van der Waals surface area (Å²) in [5, 5.41) is 11.9. The fourth-order valence-electron chi connectivity index (χ4n) is 5.22. The van der Waals surface area contributed by atoms with E-state index in [-0.39, 0.29) is 37.2 Å². The molecule has 2 aromatic carbocycles. The number of carbonyl (C=O) groups excluding carboxylic acids is 2. The molecule has 172 valence electrons. The van der Waals surface area contributed by atoms with Crippen LogP contribution in [0.15, 0.2) is 48.5 Å². The van der Waals surface area contributed by atoms with Crippen LogP contribution < -0.4 is 5.32 Å². The molecule has 1 saturated carbocycles. The maximum atomic E-state index is 12.7. The summed E-state index contributed by atoms with van der Waals surface area (Å²) in [4.78, 5) is 38.0. The second kappa shape index (κ2) is 8.54. The van der Waals surface area contributed by atoms with Crippen molar-refractivity contribution >= 4 is 18.0 Å². The molecule has 0 aromatic heterocycles. The third-order valence-electron chi connectivity index (χ3n) is 7.16. The molecule has 2 aromatic rings. The average molecular weight is 449 g/mol. The van der Waals surface area contributed by atoms with E-state index in [9.17, 15) is 14.4 Å². The van der Waals surface area contributed by atoms with Gasteiger partial charge in [0, 0.05) is 25.4 Å². The van der Waals surface area contributed by atoms with Gasteiger partial charge in [-0.1, -0.05) is 48.5 Å². The topological polar surface area (TPSA) is 95.9 Å². The molecule has 3 aliphatic rings. The number of amides is 2. The first kappa shape index (κ1) is 21.5. The molecule has 1 heterocycles. The van der Waals surface area contributed by atoms with Gasteiger partial charge in [0.25, 0.3) is 0 Å². The fourth-order valence-corrected chi connectivity index (χ4v) is 5.22. The molecular formula is C26H28N2O5. The Morgan fingerprint density at radius 3 is 2.27 bits per heavy atom. The van der Waals surface area contributed by atoms with Crippen molar-refractivity contribution in [3.05, 3.63) is 59.7 Å². The first-order valence-corrected chi connectivity index (χ1v) is 11.6. The summed E-state index contributed by atoms with van der Waals surface area (Å²) in [5.74, 6) is -0.850. The van der Waals surface area contributed by atoms with E-state index in [1.165, 1.54) is 11.1 Å². The highest BCUT2D eigenvalue weighted by atomic mass is 16.5. The molecule has 1 atom stereocenters. The minimum Gasteiger partial charge on any atom is -0.481 e. The van der Waals surface area contributed by atoms with Crippen LogP contribution in [0.25, 0.3) is 11.1 Å². The van der Waals surface area contributed by atoms with Gasteiger partial charge in [-0.25, -0.2) is 4.79 Å². The van der Waals surface area contributed by atoms with E-state index in [1.807, 2.05) is 24.3 Å². The minimum absolute atomic E-state index is 0.00398. The molecule has 0 spiro atoms. The Balaban J connectivity index is 1.16. The van der Waals surface area contributed by atoms with Crippen LogP contribution in [0.4, 0.5) is 4.79 Å². The van der Waals surface area contributed by atoms with Crippen molar-refractivity contribution in [3.8, 4) is 11.1 Å². The third kappa shape index (κ3) is 4.45. The van der Waals surface area contributed by atoms with Crippen molar-refractivity contribution in [2.45, 2.75) is 43.6 Å². The molecule has 7 heteroatoms. The summed E-state index contributed by atoms with van der Waals surface area (Å²) >= 11 is 0. The van der Waals surface area contributed by atoms with Crippen LogP contribution in [0, 0.1) is 5.92 Å². The summed E-state index contributed by atoms with van der Waals surface area (Å²) in [7, 11) is 0. The second-order valence-electron chi connectivity index (χ2n) is 9.50. The first-order chi connectivity index (χ1) is 15.9. The Hall–Kier alpha value is -3.35. The number of hydrogen-bond donors (Lipinski definition) is 2. The second-order valence-corrected chi connectivity index (χ2v) is 9.50. The lowest BCUT2D eigenvalue weighted by Crippen LogP contribution is -2.42. The molecule has 1 aliphatic heterocycles. The predicted molar refractivity (Wildman–Crippen MR) is 122 cm³/mol. The number of benzene rings is 2. The fraction of sp³-hybridized carbons (Fsp3) is 0.423. The van der Waals surface area contributed by atoms with Gasteiger partial charge in [0.15, 0.2) is 0 Å². The molecule has 0 bridgehead atoms.